The maximum absolute atomic E-state index is 11.6. The third-order valence-corrected chi connectivity index (χ3v) is 3.61. The van der Waals surface area contributed by atoms with Crippen LogP contribution in [0.3, 0.4) is 0 Å². The zero-order chi connectivity index (χ0) is 9.97. The van der Waals surface area contributed by atoms with E-state index in [1.54, 1.807) is 0 Å². The molecule has 0 spiro atoms. The molecular weight excluding hydrogens is 176 g/mol. The van der Waals surface area contributed by atoms with Gasteiger partial charge in [0.25, 0.3) is 0 Å². The molecule has 80 valence electrons. The molecule has 2 aliphatic rings. The summed E-state index contributed by atoms with van der Waals surface area (Å²) in [5.41, 5.74) is 0. The van der Waals surface area contributed by atoms with Crippen molar-refractivity contribution in [2.24, 2.45) is 11.8 Å². The minimum atomic E-state index is 0.348. The first-order chi connectivity index (χ1) is 6.81. The van der Waals surface area contributed by atoms with Crippen molar-refractivity contribution >= 4 is 5.78 Å². The molecule has 2 bridgehead atoms. The van der Waals surface area contributed by atoms with Crippen LogP contribution in [-0.2, 0) is 9.53 Å². The minimum Gasteiger partial charge on any atom is -0.378 e. The molecule has 2 rings (SSSR count). The average Bonchev–Trinajstić information content (AvgIpc) is 2.41. The number of unbranched alkanes of at least 4 members (excludes halogenated alkanes) is 1. The molecule has 0 aromatic rings. The molecule has 2 fully saturated rings. The molecule has 14 heavy (non-hydrogen) atoms. The van der Waals surface area contributed by atoms with Crippen LogP contribution in [0.1, 0.15) is 45.4 Å². The van der Waals surface area contributed by atoms with Gasteiger partial charge in [-0.1, -0.05) is 13.3 Å². The lowest BCUT2D eigenvalue weighted by atomic mass is 9.86. The minimum absolute atomic E-state index is 0.348. The predicted molar refractivity (Wildman–Crippen MR) is 55.1 cm³/mol. The van der Waals surface area contributed by atoms with Crippen LogP contribution in [0, 0.1) is 11.8 Å². The third-order valence-electron chi connectivity index (χ3n) is 3.61. The number of carbonyl (C=O) groups is 1. The summed E-state index contributed by atoms with van der Waals surface area (Å²) < 4.78 is 5.80. The number of ether oxygens (including phenoxy) is 1. The van der Waals surface area contributed by atoms with Gasteiger partial charge in [-0.05, 0) is 32.1 Å². The SMILES string of the molecule is CCCCOC1C[C@H]2CC[C@@H](C1)C2=O. The molecule has 0 aliphatic heterocycles. The Kier molecular flexibility index (Phi) is 3.22. The van der Waals surface area contributed by atoms with Gasteiger partial charge in [-0.15, -0.1) is 0 Å². The number of ketones is 1. The number of carbonyl (C=O) groups excluding carboxylic acids is 1. The number of Topliss-reactive ketones (excluding diaryl/α,β-unsaturated/α-hetero) is 1. The first-order valence-electron chi connectivity index (χ1n) is 5.96. The predicted octanol–water partition coefficient (Wildman–Crippen LogP) is 2.56. The van der Waals surface area contributed by atoms with E-state index in [-0.39, 0.29) is 0 Å². The number of fused-ring (bicyclic) bond motifs is 2. The van der Waals surface area contributed by atoms with E-state index in [4.69, 9.17) is 4.74 Å². The molecule has 1 unspecified atom stereocenters. The summed E-state index contributed by atoms with van der Waals surface area (Å²) in [6, 6.07) is 0. The summed E-state index contributed by atoms with van der Waals surface area (Å²) in [5.74, 6) is 1.22. The van der Waals surface area contributed by atoms with Crippen molar-refractivity contribution in [3.63, 3.8) is 0 Å². The molecule has 0 aromatic carbocycles. The number of rotatable bonds is 4. The highest BCUT2D eigenvalue weighted by molar-refractivity contribution is 5.86. The topological polar surface area (TPSA) is 26.3 Å². The summed E-state index contributed by atoms with van der Waals surface area (Å²) in [4.78, 5) is 11.6. The highest BCUT2D eigenvalue weighted by Crippen LogP contribution is 2.40. The van der Waals surface area contributed by atoms with E-state index in [1.807, 2.05) is 0 Å². The Morgan fingerprint density at radius 3 is 2.50 bits per heavy atom. The Morgan fingerprint density at radius 2 is 1.93 bits per heavy atom. The highest BCUT2D eigenvalue weighted by Gasteiger charge is 2.41. The lowest BCUT2D eigenvalue weighted by molar-refractivity contribution is -0.129. The largest absolute Gasteiger partial charge is 0.378 e. The molecule has 0 heterocycles. The van der Waals surface area contributed by atoms with Crippen LogP contribution in [-0.4, -0.2) is 18.5 Å². The van der Waals surface area contributed by atoms with E-state index in [9.17, 15) is 4.79 Å². The molecular formula is C12H20O2. The maximum atomic E-state index is 11.6. The number of hydrogen-bond acceptors (Lipinski definition) is 2. The van der Waals surface area contributed by atoms with Gasteiger partial charge in [0.1, 0.15) is 5.78 Å². The van der Waals surface area contributed by atoms with Crippen LogP contribution < -0.4 is 0 Å². The third kappa shape index (κ3) is 2.00. The fourth-order valence-electron chi connectivity index (χ4n) is 2.75. The molecule has 0 amide bonds. The van der Waals surface area contributed by atoms with Gasteiger partial charge in [-0.25, -0.2) is 0 Å². The molecule has 0 saturated heterocycles. The molecule has 0 radical (unpaired) electrons. The van der Waals surface area contributed by atoms with Crippen molar-refractivity contribution in [1.82, 2.24) is 0 Å². The second-order valence-electron chi connectivity index (χ2n) is 4.69. The van der Waals surface area contributed by atoms with Crippen LogP contribution in [0.4, 0.5) is 0 Å². The van der Waals surface area contributed by atoms with Gasteiger partial charge in [-0.2, -0.15) is 0 Å². The Morgan fingerprint density at radius 1 is 1.29 bits per heavy atom. The molecule has 0 N–H and O–H groups in total. The van der Waals surface area contributed by atoms with Gasteiger partial charge < -0.3 is 4.74 Å². The Bertz CT molecular complexity index is 196. The van der Waals surface area contributed by atoms with Gasteiger partial charge in [0.15, 0.2) is 0 Å². The number of hydrogen-bond donors (Lipinski definition) is 0. The van der Waals surface area contributed by atoms with E-state index in [1.165, 1.54) is 6.42 Å². The second-order valence-corrected chi connectivity index (χ2v) is 4.69. The second kappa shape index (κ2) is 4.43. The molecule has 2 saturated carbocycles. The first-order valence-corrected chi connectivity index (χ1v) is 5.96. The van der Waals surface area contributed by atoms with E-state index in [0.29, 0.717) is 23.7 Å². The molecule has 3 atom stereocenters. The monoisotopic (exact) mass is 196 g/mol. The Labute approximate surface area is 86.0 Å². The zero-order valence-electron chi connectivity index (χ0n) is 9.00. The van der Waals surface area contributed by atoms with E-state index in [0.717, 1.165) is 38.7 Å². The van der Waals surface area contributed by atoms with E-state index < -0.39 is 0 Å². The van der Waals surface area contributed by atoms with Crippen LogP contribution in [0.5, 0.6) is 0 Å². The summed E-state index contributed by atoms with van der Waals surface area (Å²) in [6.07, 6.45) is 6.97. The average molecular weight is 196 g/mol. The van der Waals surface area contributed by atoms with Gasteiger partial charge in [0, 0.05) is 18.4 Å². The quantitative estimate of drug-likeness (QED) is 0.646. The van der Waals surface area contributed by atoms with Crippen molar-refractivity contribution < 1.29 is 9.53 Å². The van der Waals surface area contributed by atoms with Crippen molar-refractivity contribution in [3.8, 4) is 0 Å². The van der Waals surface area contributed by atoms with Crippen molar-refractivity contribution in [2.45, 2.75) is 51.6 Å². The van der Waals surface area contributed by atoms with Gasteiger partial charge >= 0.3 is 0 Å². The fraction of sp³-hybridized carbons (Fsp3) is 0.917. The molecule has 2 aliphatic carbocycles. The van der Waals surface area contributed by atoms with Crippen molar-refractivity contribution in [3.05, 3.63) is 0 Å². The van der Waals surface area contributed by atoms with Crippen LogP contribution in [0.25, 0.3) is 0 Å². The normalized spacial score (nSPS) is 36.4. The molecule has 0 aromatic heterocycles. The van der Waals surface area contributed by atoms with Crippen LogP contribution in [0.15, 0.2) is 0 Å². The summed E-state index contributed by atoms with van der Waals surface area (Å²) in [6.45, 7) is 3.06. The summed E-state index contributed by atoms with van der Waals surface area (Å²) >= 11 is 0. The van der Waals surface area contributed by atoms with E-state index in [2.05, 4.69) is 6.92 Å². The van der Waals surface area contributed by atoms with E-state index >= 15 is 0 Å². The summed E-state index contributed by atoms with van der Waals surface area (Å²) in [7, 11) is 0. The smallest absolute Gasteiger partial charge is 0.139 e. The zero-order valence-corrected chi connectivity index (χ0v) is 9.00. The van der Waals surface area contributed by atoms with Crippen molar-refractivity contribution in [2.75, 3.05) is 6.61 Å². The van der Waals surface area contributed by atoms with Gasteiger partial charge in [-0.3, -0.25) is 4.79 Å². The van der Waals surface area contributed by atoms with Crippen molar-refractivity contribution in [1.29, 1.82) is 0 Å². The Balaban J connectivity index is 1.78. The van der Waals surface area contributed by atoms with Crippen LogP contribution in [0.2, 0.25) is 0 Å². The fourth-order valence-corrected chi connectivity index (χ4v) is 2.75. The molecule has 2 heteroatoms. The Hall–Kier alpha value is -0.370. The maximum Gasteiger partial charge on any atom is 0.139 e. The van der Waals surface area contributed by atoms with Gasteiger partial charge in [0.05, 0.1) is 6.10 Å². The lowest BCUT2D eigenvalue weighted by Gasteiger charge is -2.26. The van der Waals surface area contributed by atoms with Gasteiger partial charge in [0.2, 0.25) is 0 Å². The highest BCUT2D eigenvalue weighted by atomic mass is 16.5. The van der Waals surface area contributed by atoms with Crippen LogP contribution >= 0.6 is 0 Å². The first kappa shape index (κ1) is 10.2. The molecule has 2 nitrogen and oxygen atoms in total. The summed E-state index contributed by atoms with van der Waals surface area (Å²) in [5, 5.41) is 0. The lowest BCUT2D eigenvalue weighted by Crippen LogP contribution is -2.31. The standard InChI is InChI=1S/C12H20O2/c1-2-3-6-14-11-7-9-4-5-10(8-11)12(9)13/h9-11H,2-8H2,1H3/t9-,10+,11?.